The van der Waals surface area contributed by atoms with Gasteiger partial charge in [0.2, 0.25) is 0 Å². The van der Waals surface area contributed by atoms with Crippen molar-refractivity contribution in [2.45, 2.75) is 6.61 Å². The molecule has 0 atom stereocenters. The molecule has 0 amide bonds. The minimum Gasteiger partial charge on any atom is -0.468 e. The number of nitrogens with zero attached hydrogens (tertiary/aromatic N) is 4. The molecule has 0 bridgehead atoms. The Hall–Kier alpha value is -3.69. The standard InChI is InChI=1S/C22H18N4O2/c1-27-14-16-5-7-17(8-6-16)19-20(18-9-3-15(13-23)4-10-18)25-22(28-2)26-12-11-24-21(19)26/h3-12H,14H2,1-2H3. The van der Waals surface area contributed by atoms with Crippen molar-refractivity contribution in [1.29, 1.82) is 5.26 Å². The second-order valence-corrected chi connectivity index (χ2v) is 6.26. The maximum absolute atomic E-state index is 9.09. The number of hydrogen-bond acceptors (Lipinski definition) is 5. The van der Waals surface area contributed by atoms with Gasteiger partial charge in [0.15, 0.2) is 5.65 Å². The molecule has 0 aliphatic heterocycles. The average Bonchev–Trinajstić information content (AvgIpc) is 3.23. The molecule has 0 fully saturated rings. The Morgan fingerprint density at radius 3 is 2.36 bits per heavy atom. The van der Waals surface area contributed by atoms with E-state index in [-0.39, 0.29) is 0 Å². The summed E-state index contributed by atoms with van der Waals surface area (Å²) in [4.78, 5) is 9.29. The summed E-state index contributed by atoms with van der Waals surface area (Å²) >= 11 is 0. The first-order valence-corrected chi connectivity index (χ1v) is 8.75. The SMILES string of the molecule is COCc1ccc(-c2c(-c3ccc(C#N)cc3)nc(OC)n3ccnc23)cc1. The summed E-state index contributed by atoms with van der Waals surface area (Å²) in [5.74, 6) is 0. The number of benzene rings is 2. The van der Waals surface area contributed by atoms with E-state index < -0.39 is 0 Å². The summed E-state index contributed by atoms with van der Waals surface area (Å²) in [6.07, 6.45) is 3.55. The fourth-order valence-electron chi connectivity index (χ4n) is 3.21. The number of ether oxygens (including phenoxy) is 2. The van der Waals surface area contributed by atoms with Crippen LogP contribution in [0.2, 0.25) is 0 Å². The maximum Gasteiger partial charge on any atom is 0.302 e. The van der Waals surface area contributed by atoms with E-state index in [1.807, 2.05) is 47.0 Å². The summed E-state index contributed by atoms with van der Waals surface area (Å²) in [5, 5.41) is 9.09. The maximum atomic E-state index is 9.09. The lowest BCUT2D eigenvalue weighted by atomic mass is 9.98. The Balaban J connectivity index is 1.96. The number of methoxy groups -OCH3 is 2. The highest BCUT2D eigenvalue weighted by molar-refractivity contribution is 5.90. The average molecular weight is 370 g/mol. The van der Waals surface area contributed by atoms with Crippen LogP contribution in [-0.4, -0.2) is 28.6 Å². The fourth-order valence-corrected chi connectivity index (χ4v) is 3.21. The Kier molecular flexibility index (Phi) is 4.75. The van der Waals surface area contributed by atoms with E-state index in [4.69, 9.17) is 19.7 Å². The smallest absolute Gasteiger partial charge is 0.302 e. The third-order valence-corrected chi connectivity index (χ3v) is 4.54. The lowest BCUT2D eigenvalue weighted by Crippen LogP contribution is -2.02. The van der Waals surface area contributed by atoms with Gasteiger partial charge in [0.25, 0.3) is 0 Å². The molecule has 2 aromatic carbocycles. The summed E-state index contributed by atoms with van der Waals surface area (Å²) in [6, 6.07) is 18.1. The summed E-state index contributed by atoms with van der Waals surface area (Å²) in [6.45, 7) is 0.558. The number of aromatic nitrogens is 3. The van der Waals surface area contributed by atoms with E-state index in [1.54, 1.807) is 32.5 Å². The number of fused-ring (bicyclic) bond motifs is 1. The number of nitriles is 1. The van der Waals surface area contributed by atoms with Crippen LogP contribution in [0.25, 0.3) is 28.0 Å². The molecule has 2 heterocycles. The zero-order valence-electron chi connectivity index (χ0n) is 15.6. The molecule has 4 rings (SSSR count). The molecular formula is C22H18N4O2. The first-order chi connectivity index (χ1) is 13.7. The van der Waals surface area contributed by atoms with Crippen LogP contribution >= 0.6 is 0 Å². The van der Waals surface area contributed by atoms with Gasteiger partial charge >= 0.3 is 6.01 Å². The predicted molar refractivity (Wildman–Crippen MR) is 106 cm³/mol. The predicted octanol–water partition coefficient (Wildman–Crippen LogP) is 4.09. The topological polar surface area (TPSA) is 72.4 Å². The van der Waals surface area contributed by atoms with Gasteiger partial charge in [-0.15, -0.1) is 0 Å². The lowest BCUT2D eigenvalue weighted by Gasteiger charge is -2.14. The molecule has 0 N–H and O–H groups in total. The molecule has 2 aromatic heterocycles. The molecule has 6 heteroatoms. The first-order valence-electron chi connectivity index (χ1n) is 8.75. The quantitative estimate of drug-likeness (QED) is 0.529. The van der Waals surface area contributed by atoms with E-state index in [9.17, 15) is 0 Å². The first kappa shape index (κ1) is 17.7. The fraction of sp³-hybridized carbons (Fsp3) is 0.136. The van der Waals surface area contributed by atoms with Crippen molar-refractivity contribution in [3.8, 4) is 34.5 Å². The molecule has 4 aromatic rings. The zero-order chi connectivity index (χ0) is 19.5. The lowest BCUT2D eigenvalue weighted by molar-refractivity contribution is 0.185. The van der Waals surface area contributed by atoms with Gasteiger partial charge in [-0.1, -0.05) is 36.4 Å². The number of imidazole rings is 1. The summed E-state index contributed by atoms with van der Waals surface area (Å²) in [7, 11) is 3.27. The van der Waals surface area contributed by atoms with Crippen LogP contribution in [0.15, 0.2) is 60.9 Å². The van der Waals surface area contributed by atoms with Crippen molar-refractivity contribution >= 4 is 5.65 Å². The third kappa shape index (κ3) is 3.08. The number of rotatable bonds is 5. The van der Waals surface area contributed by atoms with Gasteiger partial charge in [-0.2, -0.15) is 10.2 Å². The molecule has 0 unspecified atom stereocenters. The molecule has 0 aliphatic rings. The molecule has 0 spiro atoms. The van der Waals surface area contributed by atoms with Crippen LogP contribution in [0.4, 0.5) is 0 Å². The molecule has 0 aliphatic carbocycles. The monoisotopic (exact) mass is 370 g/mol. The minimum absolute atomic E-state index is 0.451. The summed E-state index contributed by atoms with van der Waals surface area (Å²) < 4.78 is 12.5. The van der Waals surface area contributed by atoms with E-state index in [0.29, 0.717) is 18.2 Å². The number of hydrogen-bond donors (Lipinski definition) is 0. The molecule has 0 saturated heterocycles. The molecule has 6 nitrogen and oxygen atoms in total. The van der Waals surface area contributed by atoms with Crippen LogP contribution in [0, 0.1) is 11.3 Å². The normalized spacial score (nSPS) is 10.8. The van der Waals surface area contributed by atoms with Gasteiger partial charge in [0.1, 0.15) is 0 Å². The third-order valence-electron chi connectivity index (χ3n) is 4.54. The van der Waals surface area contributed by atoms with Gasteiger partial charge in [-0.25, -0.2) is 4.98 Å². The largest absolute Gasteiger partial charge is 0.468 e. The van der Waals surface area contributed by atoms with E-state index in [0.717, 1.165) is 33.6 Å². The Labute approximate surface area is 162 Å². The van der Waals surface area contributed by atoms with Gasteiger partial charge in [0.05, 0.1) is 36.6 Å². The van der Waals surface area contributed by atoms with Gasteiger partial charge < -0.3 is 9.47 Å². The molecule has 0 saturated carbocycles. The Morgan fingerprint density at radius 2 is 1.71 bits per heavy atom. The van der Waals surface area contributed by atoms with Gasteiger partial charge in [-0.05, 0) is 23.3 Å². The van der Waals surface area contributed by atoms with E-state index >= 15 is 0 Å². The van der Waals surface area contributed by atoms with Crippen molar-refractivity contribution in [1.82, 2.24) is 14.4 Å². The van der Waals surface area contributed by atoms with Crippen molar-refractivity contribution in [3.05, 3.63) is 72.1 Å². The van der Waals surface area contributed by atoms with E-state index in [1.165, 1.54) is 0 Å². The van der Waals surface area contributed by atoms with Gasteiger partial charge in [-0.3, -0.25) is 4.40 Å². The van der Waals surface area contributed by atoms with Crippen LogP contribution in [0.5, 0.6) is 6.01 Å². The van der Waals surface area contributed by atoms with E-state index in [2.05, 4.69) is 11.1 Å². The highest BCUT2D eigenvalue weighted by Crippen LogP contribution is 2.36. The van der Waals surface area contributed by atoms with Crippen LogP contribution in [0.3, 0.4) is 0 Å². The van der Waals surface area contributed by atoms with Crippen LogP contribution < -0.4 is 4.74 Å². The molecule has 0 radical (unpaired) electrons. The summed E-state index contributed by atoms with van der Waals surface area (Å²) in [5.41, 5.74) is 5.98. The second kappa shape index (κ2) is 7.51. The van der Waals surface area contributed by atoms with Gasteiger partial charge in [0, 0.05) is 25.1 Å². The van der Waals surface area contributed by atoms with Crippen molar-refractivity contribution in [2.75, 3.05) is 14.2 Å². The molecular weight excluding hydrogens is 352 g/mol. The van der Waals surface area contributed by atoms with Crippen molar-refractivity contribution in [3.63, 3.8) is 0 Å². The van der Waals surface area contributed by atoms with Crippen molar-refractivity contribution < 1.29 is 9.47 Å². The van der Waals surface area contributed by atoms with Crippen molar-refractivity contribution in [2.24, 2.45) is 0 Å². The highest BCUT2D eigenvalue weighted by Gasteiger charge is 2.18. The Bertz CT molecular complexity index is 1160. The van der Waals surface area contributed by atoms with Crippen LogP contribution in [-0.2, 0) is 11.3 Å². The highest BCUT2D eigenvalue weighted by atomic mass is 16.5. The Morgan fingerprint density at radius 1 is 1.00 bits per heavy atom. The molecule has 28 heavy (non-hydrogen) atoms. The molecule has 138 valence electrons. The van der Waals surface area contributed by atoms with Crippen LogP contribution in [0.1, 0.15) is 11.1 Å². The second-order valence-electron chi connectivity index (χ2n) is 6.26. The minimum atomic E-state index is 0.451. The zero-order valence-corrected chi connectivity index (χ0v) is 15.6.